The van der Waals surface area contributed by atoms with E-state index in [4.69, 9.17) is 14.2 Å². The van der Waals surface area contributed by atoms with Gasteiger partial charge in [-0.15, -0.1) is 0 Å². The Hall–Kier alpha value is -0.650. The molecule has 1 fully saturated rings. The number of methoxy groups -OCH3 is 1. The summed E-state index contributed by atoms with van der Waals surface area (Å²) in [6.07, 6.45) is 1.18. The van der Waals surface area contributed by atoms with Gasteiger partial charge in [0.1, 0.15) is 5.60 Å². The van der Waals surface area contributed by atoms with Crippen molar-refractivity contribution in [1.82, 2.24) is 4.90 Å². The van der Waals surface area contributed by atoms with Crippen LogP contribution in [0.25, 0.3) is 0 Å². The molecule has 0 N–H and O–H groups in total. The van der Waals surface area contributed by atoms with Crippen LogP contribution in [0.15, 0.2) is 0 Å². The van der Waals surface area contributed by atoms with Gasteiger partial charge in [0.05, 0.1) is 25.9 Å². The lowest BCUT2D eigenvalue weighted by Gasteiger charge is -2.22. The summed E-state index contributed by atoms with van der Waals surface area (Å²) in [6, 6.07) is 0. The van der Waals surface area contributed by atoms with Gasteiger partial charge < -0.3 is 14.2 Å². The Morgan fingerprint density at radius 3 is 2.67 bits per heavy atom. The van der Waals surface area contributed by atoms with E-state index in [1.807, 2.05) is 20.8 Å². The molecular formula is C13H25NO4. The summed E-state index contributed by atoms with van der Waals surface area (Å²) in [5.74, 6) is -0.167. The summed E-state index contributed by atoms with van der Waals surface area (Å²) in [4.78, 5) is 13.7. The van der Waals surface area contributed by atoms with Crippen molar-refractivity contribution in [2.45, 2.75) is 38.9 Å². The minimum absolute atomic E-state index is 0.167. The number of hydrogen-bond acceptors (Lipinski definition) is 5. The largest absolute Gasteiger partial charge is 0.459 e. The van der Waals surface area contributed by atoms with Crippen LogP contribution in [0.4, 0.5) is 0 Å². The minimum atomic E-state index is -0.412. The van der Waals surface area contributed by atoms with Gasteiger partial charge in [-0.1, -0.05) is 0 Å². The Labute approximate surface area is 109 Å². The topological polar surface area (TPSA) is 48.0 Å². The molecule has 106 valence electrons. The van der Waals surface area contributed by atoms with Crippen molar-refractivity contribution in [3.63, 3.8) is 0 Å². The van der Waals surface area contributed by atoms with Gasteiger partial charge in [0, 0.05) is 20.2 Å². The quantitative estimate of drug-likeness (QED) is 0.527. The predicted octanol–water partition coefficient (Wildman–Crippen LogP) is 1.07. The molecule has 5 heteroatoms. The molecule has 1 saturated heterocycles. The monoisotopic (exact) mass is 259 g/mol. The molecule has 0 saturated carbocycles. The maximum Gasteiger partial charge on any atom is 0.320 e. The van der Waals surface area contributed by atoms with Gasteiger partial charge >= 0.3 is 5.97 Å². The first-order valence-corrected chi connectivity index (χ1v) is 6.45. The van der Waals surface area contributed by atoms with Crippen molar-refractivity contribution in [1.29, 1.82) is 0 Å². The van der Waals surface area contributed by atoms with Gasteiger partial charge in [0.2, 0.25) is 0 Å². The van der Waals surface area contributed by atoms with Crippen molar-refractivity contribution < 1.29 is 19.0 Å². The Kier molecular flexibility index (Phi) is 6.05. The molecule has 1 heterocycles. The van der Waals surface area contributed by atoms with Crippen LogP contribution in [0.2, 0.25) is 0 Å². The Bertz CT molecular complexity index is 262. The maximum atomic E-state index is 11.7. The van der Waals surface area contributed by atoms with E-state index in [9.17, 15) is 4.79 Å². The SMILES string of the molecule is COCCO[C@H]1CCN(CC(=O)OC(C)(C)C)C1. The number of carbonyl (C=O) groups is 1. The third-order valence-corrected chi connectivity index (χ3v) is 2.64. The fourth-order valence-corrected chi connectivity index (χ4v) is 1.93. The zero-order valence-corrected chi connectivity index (χ0v) is 11.9. The number of hydrogen-bond donors (Lipinski definition) is 0. The van der Waals surface area contributed by atoms with Crippen LogP contribution in [0.3, 0.4) is 0 Å². The second-order valence-corrected chi connectivity index (χ2v) is 5.60. The second-order valence-electron chi connectivity index (χ2n) is 5.60. The third-order valence-electron chi connectivity index (χ3n) is 2.64. The molecule has 1 atom stereocenters. The summed E-state index contributed by atoms with van der Waals surface area (Å²) in [6.45, 7) is 8.90. The molecule has 1 aliphatic heterocycles. The molecule has 5 nitrogen and oxygen atoms in total. The number of carbonyl (C=O) groups excluding carboxylic acids is 1. The molecule has 0 aromatic heterocycles. The first-order chi connectivity index (χ1) is 8.40. The summed E-state index contributed by atoms with van der Waals surface area (Å²) >= 11 is 0. The fraction of sp³-hybridized carbons (Fsp3) is 0.923. The van der Waals surface area contributed by atoms with Gasteiger partial charge in [-0.2, -0.15) is 0 Å². The summed E-state index contributed by atoms with van der Waals surface area (Å²) in [5, 5.41) is 0. The molecular weight excluding hydrogens is 234 g/mol. The number of esters is 1. The number of ether oxygens (including phenoxy) is 3. The highest BCUT2D eigenvalue weighted by Crippen LogP contribution is 2.14. The van der Waals surface area contributed by atoms with Crippen molar-refractivity contribution in [3.8, 4) is 0 Å². The zero-order valence-electron chi connectivity index (χ0n) is 11.9. The molecule has 1 aliphatic rings. The van der Waals surface area contributed by atoms with Crippen molar-refractivity contribution >= 4 is 5.97 Å². The average molecular weight is 259 g/mol. The van der Waals surface area contributed by atoms with Crippen LogP contribution in [-0.4, -0.2) is 62.5 Å². The Morgan fingerprint density at radius 2 is 2.06 bits per heavy atom. The molecule has 0 radical (unpaired) electrons. The lowest BCUT2D eigenvalue weighted by molar-refractivity contribution is -0.155. The minimum Gasteiger partial charge on any atom is -0.459 e. The van der Waals surface area contributed by atoms with Crippen LogP contribution in [-0.2, 0) is 19.0 Å². The van der Waals surface area contributed by atoms with E-state index in [2.05, 4.69) is 4.90 Å². The predicted molar refractivity (Wildman–Crippen MR) is 68.5 cm³/mol. The van der Waals surface area contributed by atoms with Gasteiger partial charge in [-0.3, -0.25) is 9.69 Å². The molecule has 0 aliphatic carbocycles. The van der Waals surface area contributed by atoms with E-state index in [1.165, 1.54) is 0 Å². The standard InChI is InChI=1S/C13H25NO4/c1-13(2,3)18-12(15)10-14-6-5-11(9-14)17-8-7-16-4/h11H,5-10H2,1-4H3/t11-/m0/s1. The average Bonchev–Trinajstić information content (AvgIpc) is 2.63. The van der Waals surface area contributed by atoms with Crippen LogP contribution >= 0.6 is 0 Å². The van der Waals surface area contributed by atoms with Gasteiger partial charge in [0.25, 0.3) is 0 Å². The van der Waals surface area contributed by atoms with E-state index >= 15 is 0 Å². The normalized spacial score (nSPS) is 21.2. The molecule has 0 spiro atoms. The maximum absolute atomic E-state index is 11.7. The van der Waals surface area contributed by atoms with E-state index in [1.54, 1.807) is 7.11 Å². The summed E-state index contributed by atoms with van der Waals surface area (Å²) in [5.41, 5.74) is -0.412. The Morgan fingerprint density at radius 1 is 1.33 bits per heavy atom. The van der Waals surface area contributed by atoms with E-state index in [0.29, 0.717) is 19.8 Å². The fourth-order valence-electron chi connectivity index (χ4n) is 1.93. The molecule has 0 bridgehead atoms. The van der Waals surface area contributed by atoms with Crippen LogP contribution in [0.5, 0.6) is 0 Å². The van der Waals surface area contributed by atoms with Crippen LogP contribution in [0, 0.1) is 0 Å². The van der Waals surface area contributed by atoms with E-state index < -0.39 is 5.60 Å². The van der Waals surface area contributed by atoms with Crippen LogP contribution in [0.1, 0.15) is 27.2 Å². The lowest BCUT2D eigenvalue weighted by atomic mass is 10.2. The first-order valence-electron chi connectivity index (χ1n) is 6.45. The number of nitrogens with zero attached hydrogens (tertiary/aromatic N) is 1. The highest BCUT2D eigenvalue weighted by Gasteiger charge is 2.26. The van der Waals surface area contributed by atoms with Crippen molar-refractivity contribution in [3.05, 3.63) is 0 Å². The van der Waals surface area contributed by atoms with E-state index in [-0.39, 0.29) is 12.1 Å². The van der Waals surface area contributed by atoms with Gasteiger partial charge in [0.15, 0.2) is 0 Å². The highest BCUT2D eigenvalue weighted by molar-refractivity contribution is 5.72. The number of rotatable bonds is 6. The number of likely N-dealkylation sites (tertiary alicyclic amines) is 1. The van der Waals surface area contributed by atoms with Crippen molar-refractivity contribution in [2.24, 2.45) is 0 Å². The molecule has 0 aromatic rings. The van der Waals surface area contributed by atoms with Crippen LogP contribution < -0.4 is 0 Å². The second kappa shape index (κ2) is 7.07. The summed E-state index contributed by atoms with van der Waals surface area (Å²) < 4.78 is 15.9. The first kappa shape index (κ1) is 15.4. The molecule has 1 rings (SSSR count). The molecule has 18 heavy (non-hydrogen) atoms. The third kappa shape index (κ3) is 6.33. The van der Waals surface area contributed by atoms with Crippen molar-refractivity contribution in [2.75, 3.05) is 40.0 Å². The molecule has 0 aromatic carbocycles. The van der Waals surface area contributed by atoms with Gasteiger partial charge in [-0.25, -0.2) is 0 Å². The lowest BCUT2D eigenvalue weighted by Crippen LogP contribution is -2.34. The van der Waals surface area contributed by atoms with Gasteiger partial charge in [-0.05, 0) is 27.2 Å². The molecule has 0 unspecified atom stereocenters. The highest BCUT2D eigenvalue weighted by atomic mass is 16.6. The summed E-state index contributed by atoms with van der Waals surface area (Å²) in [7, 11) is 1.66. The molecule has 0 amide bonds. The van der Waals surface area contributed by atoms with E-state index in [0.717, 1.165) is 19.5 Å². The zero-order chi connectivity index (χ0) is 13.6. The smallest absolute Gasteiger partial charge is 0.320 e. The Balaban J connectivity index is 2.19.